The molecule has 5 nitrogen and oxygen atoms in total. The van der Waals surface area contributed by atoms with Crippen LogP contribution in [-0.4, -0.2) is 19.7 Å². The van der Waals surface area contributed by atoms with Crippen molar-refractivity contribution in [2.75, 3.05) is 13.7 Å². The normalized spacial score (nSPS) is 9.78. The predicted octanol–water partition coefficient (Wildman–Crippen LogP) is 3.09. The van der Waals surface area contributed by atoms with Crippen LogP contribution in [0.25, 0.3) is 0 Å². The van der Waals surface area contributed by atoms with Crippen molar-refractivity contribution in [3.8, 4) is 17.6 Å². The van der Waals surface area contributed by atoms with Crippen molar-refractivity contribution < 1.29 is 23.4 Å². The number of carbonyl (C=O) groups excluding carboxylic acids is 1. The zero-order valence-corrected chi connectivity index (χ0v) is 12.4. The van der Waals surface area contributed by atoms with Crippen LogP contribution in [0.3, 0.4) is 0 Å². The van der Waals surface area contributed by atoms with Gasteiger partial charge in [0.15, 0.2) is 18.1 Å². The number of nitriles is 1. The van der Waals surface area contributed by atoms with Gasteiger partial charge in [-0.15, -0.1) is 0 Å². The topological polar surface area (TPSA) is 68.6 Å². The molecule has 2 rings (SSSR count). The van der Waals surface area contributed by atoms with Crippen molar-refractivity contribution in [3.63, 3.8) is 0 Å². The zero-order chi connectivity index (χ0) is 16.7. The molecular weight excluding hydrogens is 301 g/mol. The summed E-state index contributed by atoms with van der Waals surface area (Å²) < 4.78 is 28.5. The van der Waals surface area contributed by atoms with E-state index < -0.39 is 5.97 Å². The highest BCUT2D eigenvalue weighted by Crippen LogP contribution is 2.28. The Hall–Kier alpha value is -3.07. The van der Waals surface area contributed by atoms with Gasteiger partial charge in [0.05, 0.1) is 12.7 Å². The molecule has 0 aromatic heterocycles. The number of carbonyl (C=O) groups is 1. The zero-order valence-electron chi connectivity index (χ0n) is 12.4. The van der Waals surface area contributed by atoms with Gasteiger partial charge in [0.2, 0.25) is 0 Å². The van der Waals surface area contributed by atoms with Crippen molar-refractivity contribution in [2.24, 2.45) is 0 Å². The molecule has 2 aromatic carbocycles. The van der Waals surface area contributed by atoms with Crippen LogP contribution in [0, 0.1) is 17.1 Å². The molecule has 2 aromatic rings. The lowest BCUT2D eigenvalue weighted by atomic mass is 10.2. The highest BCUT2D eigenvalue weighted by atomic mass is 19.1. The maximum absolute atomic E-state index is 13.1. The van der Waals surface area contributed by atoms with Crippen molar-refractivity contribution in [1.29, 1.82) is 5.26 Å². The Balaban J connectivity index is 2.05. The number of hydrogen-bond donors (Lipinski definition) is 0. The maximum Gasteiger partial charge on any atom is 0.338 e. The summed E-state index contributed by atoms with van der Waals surface area (Å²) in [5, 5.41) is 8.52. The molecule has 6 heteroatoms. The van der Waals surface area contributed by atoms with Gasteiger partial charge in [-0.25, -0.2) is 9.18 Å². The Kier molecular flexibility index (Phi) is 5.53. The smallest absolute Gasteiger partial charge is 0.338 e. The lowest BCUT2D eigenvalue weighted by molar-refractivity contribution is 0.0472. The summed E-state index contributed by atoms with van der Waals surface area (Å²) in [5.74, 6) is -0.283. The molecule has 23 heavy (non-hydrogen) atoms. The Morgan fingerprint density at radius 2 is 2.04 bits per heavy atom. The van der Waals surface area contributed by atoms with Crippen LogP contribution in [0.1, 0.15) is 15.9 Å². The first-order chi connectivity index (χ1) is 11.1. The molecule has 0 aliphatic rings. The lowest BCUT2D eigenvalue weighted by Crippen LogP contribution is -2.06. The minimum absolute atomic E-state index is 0.0361. The van der Waals surface area contributed by atoms with E-state index >= 15 is 0 Å². The molecule has 118 valence electrons. The first-order valence-electron chi connectivity index (χ1n) is 6.73. The second-order valence-electron chi connectivity index (χ2n) is 4.52. The number of ether oxygens (including phenoxy) is 3. The van der Waals surface area contributed by atoms with Crippen LogP contribution >= 0.6 is 0 Å². The fourth-order valence-corrected chi connectivity index (χ4v) is 1.88. The van der Waals surface area contributed by atoms with E-state index in [0.29, 0.717) is 17.1 Å². The van der Waals surface area contributed by atoms with Crippen molar-refractivity contribution in [3.05, 3.63) is 59.4 Å². The number of rotatable bonds is 6. The molecule has 0 saturated heterocycles. The van der Waals surface area contributed by atoms with E-state index in [0.717, 1.165) is 0 Å². The summed E-state index contributed by atoms with van der Waals surface area (Å²) in [7, 11) is 1.43. The van der Waals surface area contributed by atoms with Gasteiger partial charge in [-0.3, -0.25) is 0 Å². The third kappa shape index (κ3) is 4.45. The maximum atomic E-state index is 13.1. The minimum Gasteiger partial charge on any atom is -0.493 e. The fourth-order valence-electron chi connectivity index (χ4n) is 1.88. The van der Waals surface area contributed by atoms with Gasteiger partial charge in [-0.1, -0.05) is 12.1 Å². The van der Waals surface area contributed by atoms with Gasteiger partial charge in [-0.2, -0.15) is 5.26 Å². The van der Waals surface area contributed by atoms with Gasteiger partial charge in [0.25, 0.3) is 0 Å². The van der Waals surface area contributed by atoms with E-state index in [-0.39, 0.29) is 24.6 Å². The average molecular weight is 315 g/mol. The number of esters is 1. The van der Waals surface area contributed by atoms with Gasteiger partial charge in [0, 0.05) is 0 Å². The molecule has 0 unspecified atom stereocenters. The summed E-state index contributed by atoms with van der Waals surface area (Å²) in [5.41, 5.74) is 0.821. The Labute approximate surface area is 132 Å². The van der Waals surface area contributed by atoms with Crippen LogP contribution in [0.15, 0.2) is 42.5 Å². The molecule has 0 aliphatic carbocycles. The predicted molar refractivity (Wildman–Crippen MR) is 79.6 cm³/mol. The molecule has 0 aliphatic heterocycles. The van der Waals surface area contributed by atoms with Gasteiger partial charge >= 0.3 is 5.97 Å². The first-order valence-corrected chi connectivity index (χ1v) is 6.73. The van der Waals surface area contributed by atoms with Crippen molar-refractivity contribution >= 4 is 5.97 Å². The van der Waals surface area contributed by atoms with E-state index in [1.165, 1.54) is 37.4 Å². The molecule has 0 saturated carbocycles. The third-order valence-electron chi connectivity index (χ3n) is 2.95. The van der Waals surface area contributed by atoms with Crippen LogP contribution in [0.4, 0.5) is 4.39 Å². The van der Waals surface area contributed by atoms with E-state index in [9.17, 15) is 9.18 Å². The van der Waals surface area contributed by atoms with Crippen molar-refractivity contribution in [1.82, 2.24) is 0 Å². The first kappa shape index (κ1) is 16.3. The standard InChI is InChI=1S/C17H14FNO4/c1-21-16-10-13(5-6-15(16)22-8-7-19)17(20)23-11-12-3-2-4-14(18)9-12/h2-6,9-10H,8,11H2,1H3. The van der Waals surface area contributed by atoms with E-state index in [4.69, 9.17) is 19.5 Å². The number of halogens is 1. The second kappa shape index (κ2) is 7.80. The van der Waals surface area contributed by atoms with Gasteiger partial charge < -0.3 is 14.2 Å². The minimum atomic E-state index is -0.570. The molecule has 0 bridgehead atoms. The summed E-state index contributed by atoms with van der Waals surface area (Å²) in [4.78, 5) is 12.0. The fraction of sp³-hybridized carbons (Fsp3) is 0.176. The Morgan fingerprint density at radius 3 is 2.74 bits per heavy atom. The molecule has 0 radical (unpaired) electrons. The molecule has 0 amide bonds. The number of benzene rings is 2. The number of nitrogens with zero attached hydrogens (tertiary/aromatic N) is 1. The molecule has 0 heterocycles. The molecule has 0 atom stereocenters. The van der Waals surface area contributed by atoms with Gasteiger partial charge in [-0.05, 0) is 35.9 Å². The summed E-state index contributed by atoms with van der Waals surface area (Å²) in [6.07, 6.45) is 0. The van der Waals surface area contributed by atoms with Gasteiger partial charge in [0.1, 0.15) is 18.5 Å². The number of hydrogen-bond acceptors (Lipinski definition) is 5. The van der Waals surface area contributed by atoms with E-state index in [1.807, 2.05) is 6.07 Å². The molecule has 0 spiro atoms. The summed E-state index contributed by atoms with van der Waals surface area (Å²) >= 11 is 0. The van der Waals surface area contributed by atoms with Crippen molar-refractivity contribution in [2.45, 2.75) is 6.61 Å². The molecule has 0 N–H and O–H groups in total. The highest BCUT2D eigenvalue weighted by molar-refractivity contribution is 5.90. The lowest BCUT2D eigenvalue weighted by Gasteiger charge is -2.10. The highest BCUT2D eigenvalue weighted by Gasteiger charge is 2.12. The molecule has 0 fully saturated rings. The second-order valence-corrected chi connectivity index (χ2v) is 4.52. The third-order valence-corrected chi connectivity index (χ3v) is 2.95. The summed E-state index contributed by atoms with van der Waals surface area (Å²) in [6.45, 7) is -0.161. The largest absolute Gasteiger partial charge is 0.493 e. The van der Waals surface area contributed by atoms with E-state index in [1.54, 1.807) is 12.1 Å². The quantitative estimate of drug-likeness (QED) is 0.766. The number of methoxy groups -OCH3 is 1. The van der Waals surface area contributed by atoms with Crippen LogP contribution in [0.5, 0.6) is 11.5 Å². The van der Waals surface area contributed by atoms with Crippen LogP contribution in [-0.2, 0) is 11.3 Å². The van der Waals surface area contributed by atoms with Crippen LogP contribution in [0.2, 0.25) is 0 Å². The Bertz CT molecular complexity index is 740. The monoisotopic (exact) mass is 315 g/mol. The summed E-state index contributed by atoms with van der Waals surface area (Å²) in [6, 6.07) is 12.2. The van der Waals surface area contributed by atoms with E-state index in [2.05, 4.69) is 0 Å². The Morgan fingerprint density at radius 1 is 1.22 bits per heavy atom. The molecular formula is C17H14FNO4. The average Bonchev–Trinajstić information content (AvgIpc) is 2.57. The SMILES string of the molecule is COc1cc(C(=O)OCc2cccc(F)c2)ccc1OCC#N. The van der Waals surface area contributed by atoms with Crippen LogP contribution < -0.4 is 9.47 Å².